The standard InChI is InChI=1S/C21H20F2N4O2/c1-13-2-5-16(6-3-13)27-19(24-25-21(27)29)14-8-10-26(11-9-14)20(28)15-4-7-17(22)18(23)12-15/h2-7,12,14H,8-11H2,1H3,(H,25,29). The largest absolute Gasteiger partial charge is 0.347 e. The minimum Gasteiger partial charge on any atom is -0.339 e. The van der Waals surface area contributed by atoms with Gasteiger partial charge in [-0.25, -0.2) is 23.2 Å². The van der Waals surface area contributed by atoms with Gasteiger partial charge in [-0.05, 0) is 50.1 Å². The summed E-state index contributed by atoms with van der Waals surface area (Å²) < 4.78 is 28.1. The molecule has 29 heavy (non-hydrogen) atoms. The third-order valence-electron chi connectivity index (χ3n) is 5.30. The molecule has 0 saturated carbocycles. The van der Waals surface area contributed by atoms with E-state index in [4.69, 9.17) is 0 Å². The highest BCUT2D eigenvalue weighted by molar-refractivity contribution is 5.94. The lowest BCUT2D eigenvalue weighted by Gasteiger charge is -2.31. The molecule has 4 rings (SSSR count). The van der Waals surface area contributed by atoms with Gasteiger partial charge in [0.25, 0.3) is 5.91 Å². The molecule has 1 aromatic heterocycles. The van der Waals surface area contributed by atoms with Crippen molar-refractivity contribution in [1.29, 1.82) is 0 Å². The smallest absolute Gasteiger partial charge is 0.339 e. The van der Waals surface area contributed by atoms with Crippen molar-refractivity contribution in [2.75, 3.05) is 13.1 Å². The second kappa shape index (κ2) is 7.62. The normalized spacial score (nSPS) is 14.9. The number of benzene rings is 2. The van der Waals surface area contributed by atoms with E-state index in [9.17, 15) is 18.4 Å². The van der Waals surface area contributed by atoms with Gasteiger partial charge in [-0.3, -0.25) is 4.79 Å². The third kappa shape index (κ3) is 3.70. The van der Waals surface area contributed by atoms with Crippen LogP contribution in [0, 0.1) is 18.6 Å². The fraction of sp³-hybridized carbons (Fsp3) is 0.286. The maximum atomic E-state index is 13.4. The van der Waals surface area contributed by atoms with Crippen molar-refractivity contribution < 1.29 is 13.6 Å². The molecular formula is C21H20F2N4O2. The quantitative estimate of drug-likeness (QED) is 0.737. The topological polar surface area (TPSA) is 71.0 Å². The van der Waals surface area contributed by atoms with Crippen LogP contribution in [-0.4, -0.2) is 38.7 Å². The van der Waals surface area contributed by atoms with E-state index in [1.807, 2.05) is 31.2 Å². The van der Waals surface area contributed by atoms with Crippen LogP contribution >= 0.6 is 0 Å². The summed E-state index contributed by atoms with van der Waals surface area (Å²) in [5, 5.41) is 6.74. The zero-order chi connectivity index (χ0) is 20.5. The number of halogens is 2. The van der Waals surface area contributed by atoms with Crippen LogP contribution in [0.3, 0.4) is 0 Å². The van der Waals surface area contributed by atoms with Gasteiger partial charge in [-0.1, -0.05) is 17.7 Å². The number of amides is 1. The SMILES string of the molecule is Cc1ccc(-n2c(C3CCN(C(=O)c4ccc(F)c(F)c4)CC3)n[nH]c2=O)cc1. The van der Waals surface area contributed by atoms with Crippen LogP contribution in [0.4, 0.5) is 8.78 Å². The van der Waals surface area contributed by atoms with Crippen LogP contribution in [0.25, 0.3) is 5.69 Å². The van der Waals surface area contributed by atoms with Crippen molar-refractivity contribution in [1.82, 2.24) is 19.7 Å². The maximum absolute atomic E-state index is 13.4. The molecule has 1 amide bonds. The zero-order valence-corrected chi connectivity index (χ0v) is 15.9. The summed E-state index contributed by atoms with van der Waals surface area (Å²) in [6, 6.07) is 10.8. The number of hydrogen-bond donors (Lipinski definition) is 1. The lowest BCUT2D eigenvalue weighted by molar-refractivity contribution is 0.0710. The van der Waals surface area contributed by atoms with E-state index in [2.05, 4.69) is 10.2 Å². The molecule has 3 aromatic rings. The van der Waals surface area contributed by atoms with Crippen LogP contribution in [-0.2, 0) is 0 Å². The molecule has 1 aliphatic rings. The predicted molar refractivity (Wildman–Crippen MR) is 103 cm³/mol. The molecule has 2 aromatic carbocycles. The molecule has 0 spiro atoms. The molecular weight excluding hydrogens is 378 g/mol. The average molecular weight is 398 g/mol. The molecule has 1 aliphatic heterocycles. The number of rotatable bonds is 3. The Balaban J connectivity index is 1.50. The fourth-order valence-corrected chi connectivity index (χ4v) is 3.68. The number of carbonyl (C=O) groups excluding carboxylic acids is 1. The van der Waals surface area contributed by atoms with Gasteiger partial charge in [0.15, 0.2) is 11.6 Å². The number of piperidine rings is 1. The van der Waals surface area contributed by atoms with Gasteiger partial charge in [0.2, 0.25) is 0 Å². The van der Waals surface area contributed by atoms with Gasteiger partial charge in [-0.2, -0.15) is 5.10 Å². The Labute approximate surface area is 165 Å². The van der Waals surface area contributed by atoms with Gasteiger partial charge < -0.3 is 4.90 Å². The summed E-state index contributed by atoms with van der Waals surface area (Å²) >= 11 is 0. The lowest BCUT2D eigenvalue weighted by Crippen LogP contribution is -2.38. The second-order valence-electron chi connectivity index (χ2n) is 7.25. The zero-order valence-electron chi connectivity index (χ0n) is 15.9. The molecule has 0 atom stereocenters. The van der Waals surface area contributed by atoms with E-state index < -0.39 is 11.6 Å². The molecule has 1 fully saturated rings. The Hall–Kier alpha value is -3.29. The van der Waals surface area contributed by atoms with Crippen LogP contribution < -0.4 is 5.69 Å². The number of aryl methyl sites for hydroxylation is 1. The first-order valence-corrected chi connectivity index (χ1v) is 9.42. The van der Waals surface area contributed by atoms with Crippen LogP contribution in [0.1, 0.15) is 40.5 Å². The molecule has 1 N–H and O–H groups in total. The minimum absolute atomic E-state index is 0.00394. The summed E-state index contributed by atoms with van der Waals surface area (Å²) in [7, 11) is 0. The van der Waals surface area contributed by atoms with Gasteiger partial charge in [0, 0.05) is 24.6 Å². The number of aromatic amines is 1. The van der Waals surface area contributed by atoms with Crippen LogP contribution in [0.2, 0.25) is 0 Å². The van der Waals surface area contributed by atoms with E-state index in [-0.39, 0.29) is 23.1 Å². The van der Waals surface area contributed by atoms with Gasteiger partial charge in [0.1, 0.15) is 5.82 Å². The van der Waals surface area contributed by atoms with Crippen molar-refractivity contribution >= 4 is 5.91 Å². The molecule has 0 bridgehead atoms. The summed E-state index contributed by atoms with van der Waals surface area (Å²) in [5.41, 5.74) is 1.66. The lowest BCUT2D eigenvalue weighted by atomic mass is 9.95. The number of H-pyrrole nitrogens is 1. The van der Waals surface area contributed by atoms with Crippen molar-refractivity contribution in [3.05, 3.63) is 81.5 Å². The maximum Gasteiger partial charge on any atom is 0.347 e. The second-order valence-corrected chi connectivity index (χ2v) is 7.25. The molecule has 8 heteroatoms. The highest BCUT2D eigenvalue weighted by atomic mass is 19.2. The van der Waals surface area contributed by atoms with Crippen molar-refractivity contribution in [3.8, 4) is 5.69 Å². The number of aromatic nitrogens is 3. The Kier molecular flexibility index (Phi) is 5.00. The van der Waals surface area contributed by atoms with E-state index in [1.54, 1.807) is 9.47 Å². The fourth-order valence-electron chi connectivity index (χ4n) is 3.68. The van der Waals surface area contributed by atoms with E-state index in [0.717, 1.165) is 23.4 Å². The number of likely N-dealkylation sites (tertiary alicyclic amines) is 1. The summed E-state index contributed by atoms with van der Waals surface area (Å²) in [5.74, 6) is -1.71. The Bertz CT molecular complexity index is 1100. The summed E-state index contributed by atoms with van der Waals surface area (Å²) in [4.78, 5) is 26.5. The third-order valence-corrected chi connectivity index (χ3v) is 5.30. The van der Waals surface area contributed by atoms with Gasteiger partial charge >= 0.3 is 5.69 Å². The van der Waals surface area contributed by atoms with E-state index in [1.165, 1.54) is 6.07 Å². The van der Waals surface area contributed by atoms with E-state index >= 15 is 0 Å². The van der Waals surface area contributed by atoms with E-state index in [0.29, 0.717) is 31.8 Å². The molecule has 0 radical (unpaired) electrons. The van der Waals surface area contributed by atoms with Crippen molar-refractivity contribution in [3.63, 3.8) is 0 Å². The van der Waals surface area contributed by atoms with Crippen molar-refractivity contribution in [2.45, 2.75) is 25.7 Å². The first-order valence-electron chi connectivity index (χ1n) is 9.42. The molecule has 2 heterocycles. The number of hydrogen-bond acceptors (Lipinski definition) is 3. The molecule has 0 aliphatic carbocycles. The Morgan fingerprint density at radius 2 is 1.76 bits per heavy atom. The summed E-state index contributed by atoms with van der Waals surface area (Å²) in [6.07, 6.45) is 1.23. The highest BCUT2D eigenvalue weighted by Gasteiger charge is 2.28. The monoisotopic (exact) mass is 398 g/mol. The Morgan fingerprint density at radius 3 is 2.41 bits per heavy atom. The first-order chi connectivity index (χ1) is 13.9. The predicted octanol–water partition coefficient (Wildman–Crippen LogP) is 3.17. The van der Waals surface area contributed by atoms with Crippen LogP contribution in [0.5, 0.6) is 0 Å². The number of nitrogens with one attached hydrogen (secondary N) is 1. The first kappa shape index (κ1) is 19.0. The number of carbonyl (C=O) groups is 1. The Morgan fingerprint density at radius 1 is 1.07 bits per heavy atom. The number of nitrogens with zero attached hydrogens (tertiary/aromatic N) is 3. The van der Waals surface area contributed by atoms with Gasteiger partial charge in [0.05, 0.1) is 5.69 Å². The molecule has 1 saturated heterocycles. The minimum atomic E-state index is -1.04. The molecule has 150 valence electrons. The van der Waals surface area contributed by atoms with Gasteiger partial charge in [-0.15, -0.1) is 0 Å². The summed E-state index contributed by atoms with van der Waals surface area (Å²) in [6.45, 7) is 2.86. The molecule has 0 unspecified atom stereocenters. The van der Waals surface area contributed by atoms with Crippen LogP contribution in [0.15, 0.2) is 47.3 Å². The average Bonchev–Trinajstić information content (AvgIpc) is 3.11. The van der Waals surface area contributed by atoms with Crippen molar-refractivity contribution in [2.24, 2.45) is 0 Å². The highest BCUT2D eigenvalue weighted by Crippen LogP contribution is 2.28. The molecule has 6 nitrogen and oxygen atoms in total.